The van der Waals surface area contributed by atoms with Gasteiger partial charge in [-0.05, 0) is 19.4 Å². The molecule has 0 atom stereocenters. The smallest absolute Gasteiger partial charge is 0.248 e. The minimum atomic E-state index is -3.69. The molecule has 0 bridgehead atoms. The van der Waals surface area contributed by atoms with Crippen LogP contribution in [0.15, 0.2) is 39.8 Å². The Labute approximate surface area is 130 Å². The van der Waals surface area contributed by atoms with E-state index < -0.39 is 10.0 Å². The number of hydrogen-bond acceptors (Lipinski definition) is 5. The van der Waals surface area contributed by atoms with E-state index in [2.05, 4.69) is 5.16 Å². The van der Waals surface area contributed by atoms with E-state index in [0.29, 0.717) is 18.1 Å². The molecule has 1 aromatic heterocycles. The van der Waals surface area contributed by atoms with Crippen molar-refractivity contribution in [2.45, 2.75) is 25.3 Å². The predicted molar refractivity (Wildman–Crippen MR) is 81.9 cm³/mol. The van der Waals surface area contributed by atoms with Gasteiger partial charge in [0.2, 0.25) is 10.0 Å². The summed E-state index contributed by atoms with van der Waals surface area (Å²) >= 11 is 0. The Hall–Kier alpha value is -1.70. The standard InChI is InChI=1S/C15H20N2O4S/c1-12-15(13(2)21-16-12)22(18,19)17(9-10-20-3)11-14-7-5-4-6-8-14/h4-8H,9-11H2,1-3H3. The highest BCUT2D eigenvalue weighted by Crippen LogP contribution is 2.24. The monoisotopic (exact) mass is 324 g/mol. The van der Waals surface area contributed by atoms with E-state index in [0.717, 1.165) is 5.56 Å². The molecule has 1 aromatic carbocycles. The van der Waals surface area contributed by atoms with Crippen LogP contribution in [-0.4, -0.2) is 38.1 Å². The van der Waals surface area contributed by atoms with Crippen molar-refractivity contribution < 1.29 is 17.7 Å². The highest BCUT2D eigenvalue weighted by Gasteiger charge is 2.30. The normalized spacial score (nSPS) is 12.0. The third kappa shape index (κ3) is 3.55. The lowest BCUT2D eigenvalue weighted by atomic mass is 10.2. The quantitative estimate of drug-likeness (QED) is 0.780. The Morgan fingerprint density at radius 3 is 2.45 bits per heavy atom. The van der Waals surface area contributed by atoms with Crippen LogP contribution in [0.4, 0.5) is 0 Å². The second kappa shape index (κ2) is 7.04. The maximum atomic E-state index is 12.9. The molecule has 0 unspecified atom stereocenters. The van der Waals surface area contributed by atoms with E-state index in [9.17, 15) is 8.42 Å². The summed E-state index contributed by atoms with van der Waals surface area (Å²) < 4.78 is 37.3. The van der Waals surface area contributed by atoms with Crippen molar-refractivity contribution >= 4 is 10.0 Å². The molecule has 2 aromatic rings. The van der Waals surface area contributed by atoms with Crippen molar-refractivity contribution in [3.05, 3.63) is 47.3 Å². The minimum absolute atomic E-state index is 0.138. The lowest BCUT2D eigenvalue weighted by molar-refractivity contribution is 0.177. The Balaban J connectivity index is 2.36. The van der Waals surface area contributed by atoms with Crippen molar-refractivity contribution in [1.82, 2.24) is 9.46 Å². The van der Waals surface area contributed by atoms with Crippen molar-refractivity contribution in [3.63, 3.8) is 0 Å². The van der Waals surface area contributed by atoms with Gasteiger partial charge in [-0.25, -0.2) is 8.42 Å². The van der Waals surface area contributed by atoms with E-state index in [1.54, 1.807) is 21.0 Å². The average Bonchev–Trinajstić information content (AvgIpc) is 2.84. The molecule has 1 heterocycles. The van der Waals surface area contributed by atoms with Crippen LogP contribution in [0.1, 0.15) is 17.0 Å². The number of rotatable bonds is 7. The lowest BCUT2D eigenvalue weighted by Gasteiger charge is -2.21. The molecule has 0 amide bonds. The van der Waals surface area contributed by atoms with Gasteiger partial charge in [0.1, 0.15) is 10.6 Å². The van der Waals surface area contributed by atoms with Crippen LogP contribution in [0.2, 0.25) is 0 Å². The number of aromatic nitrogens is 1. The van der Waals surface area contributed by atoms with Crippen LogP contribution >= 0.6 is 0 Å². The van der Waals surface area contributed by atoms with Gasteiger partial charge in [-0.2, -0.15) is 4.31 Å². The second-order valence-corrected chi connectivity index (χ2v) is 6.85. The Morgan fingerprint density at radius 1 is 1.23 bits per heavy atom. The topological polar surface area (TPSA) is 72.6 Å². The molecule has 0 saturated carbocycles. The molecule has 120 valence electrons. The second-order valence-electron chi connectivity index (χ2n) is 4.97. The molecular weight excluding hydrogens is 304 g/mol. The zero-order valence-corrected chi connectivity index (χ0v) is 13.8. The average molecular weight is 324 g/mol. The van der Waals surface area contributed by atoms with Crippen molar-refractivity contribution in [3.8, 4) is 0 Å². The number of hydrogen-bond donors (Lipinski definition) is 0. The zero-order chi connectivity index (χ0) is 16.2. The van der Waals surface area contributed by atoms with Gasteiger partial charge in [-0.1, -0.05) is 35.5 Å². The summed E-state index contributed by atoms with van der Waals surface area (Å²) in [5.74, 6) is 0.299. The van der Waals surface area contributed by atoms with Crippen molar-refractivity contribution in [2.24, 2.45) is 0 Å². The van der Waals surface area contributed by atoms with E-state index >= 15 is 0 Å². The van der Waals surface area contributed by atoms with Gasteiger partial charge in [-0.15, -0.1) is 0 Å². The summed E-state index contributed by atoms with van der Waals surface area (Å²) in [6.07, 6.45) is 0. The fourth-order valence-electron chi connectivity index (χ4n) is 2.24. The maximum Gasteiger partial charge on any atom is 0.248 e. The summed E-state index contributed by atoms with van der Waals surface area (Å²) in [5.41, 5.74) is 1.28. The summed E-state index contributed by atoms with van der Waals surface area (Å²) in [6, 6.07) is 9.44. The molecule has 0 spiro atoms. The van der Waals surface area contributed by atoms with Crippen LogP contribution < -0.4 is 0 Å². The van der Waals surface area contributed by atoms with Crippen LogP contribution in [0.25, 0.3) is 0 Å². The fourth-order valence-corrected chi connectivity index (χ4v) is 3.94. The molecule has 0 N–H and O–H groups in total. The summed E-state index contributed by atoms with van der Waals surface area (Å²) in [7, 11) is -2.15. The van der Waals surface area contributed by atoms with Gasteiger partial charge < -0.3 is 9.26 Å². The van der Waals surface area contributed by atoms with Crippen LogP contribution in [0.3, 0.4) is 0 Å². The van der Waals surface area contributed by atoms with Crippen molar-refractivity contribution in [1.29, 1.82) is 0 Å². The first kappa shape index (κ1) is 16.7. The van der Waals surface area contributed by atoms with Crippen molar-refractivity contribution in [2.75, 3.05) is 20.3 Å². The van der Waals surface area contributed by atoms with E-state index in [1.807, 2.05) is 30.3 Å². The first-order valence-corrected chi connectivity index (χ1v) is 8.36. The molecule has 22 heavy (non-hydrogen) atoms. The van der Waals surface area contributed by atoms with E-state index in [-0.39, 0.29) is 18.0 Å². The first-order valence-electron chi connectivity index (χ1n) is 6.92. The number of aryl methyl sites for hydroxylation is 2. The molecule has 0 radical (unpaired) electrons. The molecule has 0 aliphatic heterocycles. The Morgan fingerprint density at radius 2 is 1.91 bits per heavy atom. The van der Waals surface area contributed by atoms with Crippen LogP contribution in [0, 0.1) is 13.8 Å². The highest BCUT2D eigenvalue weighted by atomic mass is 32.2. The van der Waals surface area contributed by atoms with E-state index in [1.165, 1.54) is 4.31 Å². The molecule has 7 heteroatoms. The van der Waals surface area contributed by atoms with Gasteiger partial charge in [0.05, 0.1) is 6.61 Å². The zero-order valence-electron chi connectivity index (χ0n) is 12.9. The van der Waals surface area contributed by atoms with Gasteiger partial charge in [-0.3, -0.25) is 0 Å². The molecule has 6 nitrogen and oxygen atoms in total. The Bertz CT molecular complexity index is 691. The molecule has 0 aliphatic rings. The lowest BCUT2D eigenvalue weighted by Crippen LogP contribution is -2.34. The molecule has 0 saturated heterocycles. The molecule has 0 fully saturated rings. The van der Waals surface area contributed by atoms with Crippen LogP contribution in [0.5, 0.6) is 0 Å². The van der Waals surface area contributed by atoms with Gasteiger partial charge >= 0.3 is 0 Å². The number of benzene rings is 1. The van der Waals surface area contributed by atoms with Gasteiger partial charge in [0, 0.05) is 20.2 Å². The van der Waals surface area contributed by atoms with E-state index in [4.69, 9.17) is 9.26 Å². The molecular formula is C15H20N2O4S. The third-order valence-electron chi connectivity index (χ3n) is 3.31. The molecule has 2 rings (SSSR count). The number of methoxy groups -OCH3 is 1. The fraction of sp³-hybridized carbons (Fsp3) is 0.400. The van der Waals surface area contributed by atoms with Gasteiger partial charge in [0.15, 0.2) is 5.76 Å². The SMILES string of the molecule is COCCN(Cc1ccccc1)S(=O)(=O)c1c(C)noc1C. The largest absolute Gasteiger partial charge is 0.383 e. The summed E-state index contributed by atoms with van der Waals surface area (Å²) in [4.78, 5) is 0.138. The first-order chi connectivity index (χ1) is 10.5. The number of nitrogens with zero attached hydrogens (tertiary/aromatic N) is 2. The predicted octanol–water partition coefficient (Wildman–Crippen LogP) is 2.13. The minimum Gasteiger partial charge on any atom is -0.383 e. The number of ether oxygens (including phenoxy) is 1. The van der Waals surface area contributed by atoms with Gasteiger partial charge in [0.25, 0.3) is 0 Å². The molecule has 0 aliphatic carbocycles. The van der Waals surface area contributed by atoms with Crippen LogP contribution in [-0.2, 0) is 21.3 Å². The highest BCUT2D eigenvalue weighted by molar-refractivity contribution is 7.89. The third-order valence-corrected chi connectivity index (χ3v) is 5.40. The maximum absolute atomic E-state index is 12.9. The summed E-state index contributed by atoms with van der Waals surface area (Å²) in [5, 5.41) is 3.74. The number of sulfonamides is 1. The Kier molecular flexibility index (Phi) is 5.33. The summed E-state index contributed by atoms with van der Waals surface area (Å²) in [6.45, 7) is 4.08.